The standard InChI is InChI=1S/C17H25FN2O/c1-2-13-7-9-14(10-8-13)11-19-12-17(21)20-16-6-4-3-5-15(16)18/h3-6,13-14,19H,2,7-12H2,1H3,(H,20,21). The smallest absolute Gasteiger partial charge is 0.238 e. The third kappa shape index (κ3) is 5.12. The van der Waals surface area contributed by atoms with Crippen LogP contribution in [0.2, 0.25) is 0 Å². The van der Waals surface area contributed by atoms with E-state index in [4.69, 9.17) is 0 Å². The van der Waals surface area contributed by atoms with Crippen LogP contribution in [-0.4, -0.2) is 19.0 Å². The summed E-state index contributed by atoms with van der Waals surface area (Å²) < 4.78 is 13.4. The molecule has 116 valence electrons. The predicted molar refractivity (Wildman–Crippen MR) is 83.6 cm³/mol. The molecular weight excluding hydrogens is 267 g/mol. The Morgan fingerprint density at radius 2 is 1.86 bits per heavy atom. The molecule has 0 aromatic heterocycles. The Labute approximate surface area is 126 Å². The molecule has 0 radical (unpaired) electrons. The van der Waals surface area contributed by atoms with Crippen molar-refractivity contribution < 1.29 is 9.18 Å². The number of halogens is 1. The monoisotopic (exact) mass is 292 g/mol. The van der Waals surface area contributed by atoms with Crippen molar-refractivity contribution in [1.29, 1.82) is 0 Å². The summed E-state index contributed by atoms with van der Waals surface area (Å²) in [4.78, 5) is 11.8. The van der Waals surface area contributed by atoms with Gasteiger partial charge >= 0.3 is 0 Å². The maximum Gasteiger partial charge on any atom is 0.238 e. The van der Waals surface area contributed by atoms with Gasteiger partial charge in [-0.05, 0) is 43.4 Å². The van der Waals surface area contributed by atoms with Crippen LogP contribution in [0.15, 0.2) is 24.3 Å². The third-order valence-corrected chi connectivity index (χ3v) is 4.41. The number of nitrogens with one attached hydrogen (secondary N) is 2. The second-order valence-electron chi connectivity index (χ2n) is 5.95. The predicted octanol–water partition coefficient (Wildman–Crippen LogP) is 3.57. The van der Waals surface area contributed by atoms with Gasteiger partial charge in [-0.25, -0.2) is 4.39 Å². The minimum atomic E-state index is -0.399. The van der Waals surface area contributed by atoms with E-state index in [1.54, 1.807) is 18.2 Å². The summed E-state index contributed by atoms with van der Waals surface area (Å²) >= 11 is 0. The highest BCUT2D eigenvalue weighted by Gasteiger charge is 2.19. The van der Waals surface area contributed by atoms with E-state index >= 15 is 0 Å². The van der Waals surface area contributed by atoms with E-state index in [0.29, 0.717) is 5.92 Å². The van der Waals surface area contributed by atoms with E-state index in [1.165, 1.54) is 38.2 Å². The van der Waals surface area contributed by atoms with Crippen LogP contribution in [0.5, 0.6) is 0 Å². The summed E-state index contributed by atoms with van der Waals surface area (Å²) in [7, 11) is 0. The second kappa shape index (κ2) is 8.13. The molecule has 1 aliphatic rings. The number of rotatable bonds is 6. The molecule has 1 aromatic carbocycles. The number of anilines is 1. The van der Waals surface area contributed by atoms with Gasteiger partial charge in [0.05, 0.1) is 12.2 Å². The van der Waals surface area contributed by atoms with Gasteiger partial charge < -0.3 is 10.6 Å². The molecule has 2 rings (SSSR count). The topological polar surface area (TPSA) is 41.1 Å². The van der Waals surface area contributed by atoms with Crippen LogP contribution >= 0.6 is 0 Å². The fraction of sp³-hybridized carbons (Fsp3) is 0.588. The van der Waals surface area contributed by atoms with E-state index in [-0.39, 0.29) is 18.1 Å². The summed E-state index contributed by atoms with van der Waals surface area (Å²) in [6.07, 6.45) is 6.40. The largest absolute Gasteiger partial charge is 0.322 e. The van der Waals surface area contributed by atoms with Crippen molar-refractivity contribution in [1.82, 2.24) is 5.32 Å². The summed E-state index contributed by atoms with van der Waals surface area (Å²) in [5.41, 5.74) is 0.243. The SMILES string of the molecule is CCC1CCC(CNCC(=O)Nc2ccccc2F)CC1. The van der Waals surface area contributed by atoms with Gasteiger partial charge in [-0.2, -0.15) is 0 Å². The quantitative estimate of drug-likeness (QED) is 0.841. The molecule has 0 saturated heterocycles. The van der Waals surface area contributed by atoms with Gasteiger partial charge in [0.1, 0.15) is 5.82 Å². The molecule has 1 saturated carbocycles. The Morgan fingerprint density at radius 3 is 2.52 bits per heavy atom. The van der Waals surface area contributed by atoms with E-state index in [0.717, 1.165) is 12.5 Å². The van der Waals surface area contributed by atoms with Crippen LogP contribution in [0.25, 0.3) is 0 Å². The normalized spacial score (nSPS) is 22.0. The van der Waals surface area contributed by atoms with Crippen molar-refractivity contribution in [3.8, 4) is 0 Å². The lowest BCUT2D eigenvalue weighted by atomic mass is 9.81. The molecule has 1 aromatic rings. The number of amides is 1. The Bertz CT molecular complexity index is 456. The van der Waals surface area contributed by atoms with Crippen molar-refractivity contribution in [2.24, 2.45) is 11.8 Å². The van der Waals surface area contributed by atoms with Crippen LogP contribution in [0.1, 0.15) is 39.0 Å². The first kappa shape index (κ1) is 16.0. The molecule has 0 atom stereocenters. The fourth-order valence-electron chi connectivity index (χ4n) is 2.99. The van der Waals surface area contributed by atoms with Gasteiger partial charge in [0.25, 0.3) is 0 Å². The molecule has 0 spiro atoms. The molecule has 3 nitrogen and oxygen atoms in total. The second-order valence-corrected chi connectivity index (χ2v) is 5.95. The molecular formula is C17H25FN2O. The molecule has 0 heterocycles. The van der Waals surface area contributed by atoms with Gasteiger partial charge in [-0.3, -0.25) is 4.79 Å². The van der Waals surface area contributed by atoms with Crippen molar-refractivity contribution >= 4 is 11.6 Å². The molecule has 21 heavy (non-hydrogen) atoms. The maximum absolute atomic E-state index is 13.4. The minimum Gasteiger partial charge on any atom is -0.322 e. The zero-order valence-electron chi connectivity index (χ0n) is 12.7. The van der Waals surface area contributed by atoms with Crippen LogP contribution in [0.3, 0.4) is 0 Å². The van der Waals surface area contributed by atoms with Crippen molar-refractivity contribution in [3.63, 3.8) is 0 Å². The Kier molecular flexibility index (Phi) is 6.18. The molecule has 0 aliphatic heterocycles. The first-order valence-electron chi connectivity index (χ1n) is 7.94. The van der Waals surface area contributed by atoms with Crippen molar-refractivity contribution in [2.75, 3.05) is 18.4 Å². The number of hydrogen-bond acceptors (Lipinski definition) is 2. The molecule has 1 amide bonds. The van der Waals surface area contributed by atoms with Crippen LogP contribution < -0.4 is 10.6 Å². The van der Waals surface area contributed by atoms with E-state index in [2.05, 4.69) is 17.6 Å². The fourth-order valence-corrected chi connectivity index (χ4v) is 2.99. The number of hydrogen-bond donors (Lipinski definition) is 2. The van der Waals surface area contributed by atoms with Crippen LogP contribution in [-0.2, 0) is 4.79 Å². The van der Waals surface area contributed by atoms with Gasteiger partial charge in [0.2, 0.25) is 5.91 Å². The number of carbonyl (C=O) groups excluding carboxylic acids is 1. The lowest BCUT2D eigenvalue weighted by Gasteiger charge is -2.27. The molecule has 0 unspecified atom stereocenters. The Balaban J connectivity index is 1.65. The third-order valence-electron chi connectivity index (χ3n) is 4.41. The Hall–Kier alpha value is -1.42. The maximum atomic E-state index is 13.4. The molecule has 4 heteroatoms. The number of para-hydroxylation sites is 1. The lowest BCUT2D eigenvalue weighted by molar-refractivity contribution is -0.115. The van der Waals surface area contributed by atoms with Crippen molar-refractivity contribution in [3.05, 3.63) is 30.1 Å². The summed E-state index contributed by atoms with van der Waals surface area (Å²) in [6.45, 7) is 3.37. The van der Waals surface area contributed by atoms with Gasteiger partial charge in [-0.1, -0.05) is 38.3 Å². The molecule has 1 aliphatic carbocycles. The molecule has 0 bridgehead atoms. The van der Waals surface area contributed by atoms with Gasteiger partial charge in [-0.15, -0.1) is 0 Å². The molecule has 2 N–H and O–H groups in total. The highest BCUT2D eigenvalue weighted by atomic mass is 19.1. The zero-order chi connectivity index (χ0) is 15.1. The highest BCUT2D eigenvalue weighted by molar-refractivity contribution is 5.92. The average Bonchev–Trinajstić information content (AvgIpc) is 2.50. The zero-order valence-corrected chi connectivity index (χ0v) is 12.7. The van der Waals surface area contributed by atoms with Crippen LogP contribution in [0, 0.1) is 17.7 Å². The molecule has 1 fully saturated rings. The van der Waals surface area contributed by atoms with E-state index in [1.807, 2.05) is 0 Å². The number of carbonyl (C=O) groups is 1. The average molecular weight is 292 g/mol. The first-order valence-corrected chi connectivity index (χ1v) is 7.94. The Morgan fingerprint density at radius 1 is 1.19 bits per heavy atom. The number of benzene rings is 1. The highest BCUT2D eigenvalue weighted by Crippen LogP contribution is 2.29. The van der Waals surface area contributed by atoms with Gasteiger partial charge in [0.15, 0.2) is 0 Å². The minimum absolute atomic E-state index is 0.192. The van der Waals surface area contributed by atoms with E-state index < -0.39 is 5.82 Å². The van der Waals surface area contributed by atoms with Crippen molar-refractivity contribution in [2.45, 2.75) is 39.0 Å². The lowest BCUT2D eigenvalue weighted by Crippen LogP contribution is -2.33. The summed E-state index contributed by atoms with van der Waals surface area (Å²) in [5.74, 6) is 0.978. The summed E-state index contributed by atoms with van der Waals surface area (Å²) in [6, 6.07) is 6.22. The first-order chi connectivity index (χ1) is 10.2. The van der Waals surface area contributed by atoms with Gasteiger partial charge in [0, 0.05) is 0 Å². The summed E-state index contributed by atoms with van der Waals surface area (Å²) in [5, 5.41) is 5.78. The van der Waals surface area contributed by atoms with Crippen LogP contribution in [0.4, 0.5) is 10.1 Å². The van der Waals surface area contributed by atoms with E-state index in [9.17, 15) is 9.18 Å².